The molecule has 0 saturated heterocycles. The quantitative estimate of drug-likeness (QED) is 0.145. The maximum atomic E-state index is 6.36. The molecule has 13 aromatic rings. The molecule has 0 fully saturated rings. The number of fused-ring (bicyclic) bond motifs is 7. The fraction of sp³-hybridized carbons (Fsp3) is 0. The molecule has 0 aliphatic carbocycles. The van der Waals surface area contributed by atoms with E-state index in [0.717, 1.165) is 106 Å². The molecular weight excluding hydrogens is 829 g/mol. The van der Waals surface area contributed by atoms with Gasteiger partial charge in [-0.25, -0.2) is 0 Å². The van der Waals surface area contributed by atoms with Crippen LogP contribution in [0, 0.1) is 0 Å². The predicted molar refractivity (Wildman–Crippen MR) is 284 cm³/mol. The van der Waals surface area contributed by atoms with Gasteiger partial charge < -0.3 is 18.6 Å². The van der Waals surface area contributed by atoms with E-state index in [2.05, 4.69) is 240 Å². The van der Waals surface area contributed by atoms with E-state index >= 15 is 0 Å². The molecule has 13 rings (SSSR count). The molecule has 320 valence electrons. The van der Waals surface area contributed by atoms with Crippen LogP contribution in [0.3, 0.4) is 0 Å². The maximum absolute atomic E-state index is 6.36. The average Bonchev–Trinajstić information content (AvgIpc) is 3.99. The first-order valence-corrected chi connectivity index (χ1v) is 23.1. The lowest BCUT2D eigenvalue weighted by Gasteiger charge is -2.26. The van der Waals surface area contributed by atoms with Crippen LogP contribution in [0.1, 0.15) is 0 Å². The Morgan fingerprint density at radius 1 is 0.235 bits per heavy atom. The number of para-hydroxylation sites is 4. The number of hydrogen-bond acceptors (Lipinski definition) is 4. The van der Waals surface area contributed by atoms with E-state index in [-0.39, 0.29) is 0 Å². The standard InChI is InChI=1S/C64H42N2O2/c1-3-17-51(18-4-1)65(57-23-13-27-61-63(57)55-21-9-11-25-59(55)67-61)53-35-31-44(32-36-53)48-40-49(42-50(41-48)47-30-29-43-15-7-8-16-46(43)39-47)45-33-37-54(38-34-45)66(52-19-5-2-6-20-52)58-24-14-28-62-64(58)56-22-10-12-26-60(56)68-62/h1-42H. The zero-order valence-electron chi connectivity index (χ0n) is 37.0. The molecule has 0 unspecified atom stereocenters. The smallest absolute Gasteiger partial charge is 0.137 e. The van der Waals surface area contributed by atoms with E-state index in [9.17, 15) is 0 Å². The Morgan fingerprint density at radius 3 is 1.12 bits per heavy atom. The Labute approximate surface area is 393 Å². The van der Waals surface area contributed by atoms with Crippen LogP contribution in [0.25, 0.3) is 88.0 Å². The van der Waals surface area contributed by atoms with Crippen molar-refractivity contribution in [3.8, 4) is 33.4 Å². The van der Waals surface area contributed by atoms with E-state index < -0.39 is 0 Å². The SMILES string of the molecule is c1ccc(N(c2ccc(-c3cc(-c4ccc(N(c5ccccc5)c5cccc6oc7ccccc7c56)cc4)cc(-c4ccc5ccccc5c4)c3)cc2)c2cccc3oc4ccccc4c23)cc1. The maximum Gasteiger partial charge on any atom is 0.137 e. The van der Waals surface area contributed by atoms with Crippen LogP contribution in [0.5, 0.6) is 0 Å². The molecular formula is C64H42N2O2. The molecule has 2 heterocycles. The molecule has 0 N–H and O–H groups in total. The summed E-state index contributed by atoms with van der Waals surface area (Å²) >= 11 is 0. The molecule has 11 aromatic carbocycles. The van der Waals surface area contributed by atoms with Gasteiger partial charge in [0.25, 0.3) is 0 Å². The van der Waals surface area contributed by atoms with Crippen molar-refractivity contribution in [2.45, 2.75) is 0 Å². The van der Waals surface area contributed by atoms with Gasteiger partial charge in [0.2, 0.25) is 0 Å². The van der Waals surface area contributed by atoms with Crippen LogP contribution in [0.15, 0.2) is 264 Å². The lowest BCUT2D eigenvalue weighted by Crippen LogP contribution is -2.10. The van der Waals surface area contributed by atoms with E-state index in [1.54, 1.807) is 0 Å². The summed E-state index contributed by atoms with van der Waals surface area (Å²) in [4.78, 5) is 4.67. The highest BCUT2D eigenvalue weighted by Gasteiger charge is 2.21. The first-order chi connectivity index (χ1) is 33.7. The molecule has 0 saturated carbocycles. The number of anilines is 6. The van der Waals surface area contributed by atoms with Gasteiger partial charge in [0, 0.05) is 33.5 Å². The van der Waals surface area contributed by atoms with Crippen molar-refractivity contribution in [2.24, 2.45) is 0 Å². The second kappa shape index (κ2) is 16.4. The molecule has 0 aliphatic heterocycles. The summed E-state index contributed by atoms with van der Waals surface area (Å²) in [5, 5.41) is 6.82. The van der Waals surface area contributed by atoms with Gasteiger partial charge in [-0.15, -0.1) is 0 Å². The Kier molecular flexibility index (Phi) is 9.47. The first-order valence-electron chi connectivity index (χ1n) is 23.1. The average molecular weight is 871 g/mol. The summed E-state index contributed by atoms with van der Waals surface area (Å²) in [6.07, 6.45) is 0. The lowest BCUT2D eigenvalue weighted by atomic mass is 9.92. The van der Waals surface area contributed by atoms with Crippen molar-refractivity contribution in [3.63, 3.8) is 0 Å². The van der Waals surface area contributed by atoms with Crippen LogP contribution in [-0.4, -0.2) is 0 Å². The van der Waals surface area contributed by atoms with E-state index in [1.165, 1.54) is 16.3 Å². The highest BCUT2D eigenvalue weighted by molar-refractivity contribution is 6.14. The van der Waals surface area contributed by atoms with Crippen LogP contribution in [-0.2, 0) is 0 Å². The molecule has 0 atom stereocenters. The van der Waals surface area contributed by atoms with Crippen LogP contribution in [0.2, 0.25) is 0 Å². The third kappa shape index (κ3) is 6.86. The number of furan rings is 2. The van der Waals surface area contributed by atoms with Gasteiger partial charge in [0.15, 0.2) is 0 Å². The van der Waals surface area contributed by atoms with Gasteiger partial charge in [-0.1, -0.05) is 146 Å². The van der Waals surface area contributed by atoms with Crippen molar-refractivity contribution in [1.82, 2.24) is 0 Å². The van der Waals surface area contributed by atoms with Gasteiger partial charge in [-0.2, -0.15) is 0 Å². The lowest BCUT2D eigenvalue weighted by molar-refractivity contribution is 0.668. The normalized spacial score (nSPS) is 11.5. The summed E-state index contributed by atoms with van der Waals surface area (Å²) in [5.41, 5.74) is 16.7. The minimum atomic E-state index is 0.865. The summed E-state index contributed by atoms with van der Waals surface area (Å²) in [6, 6.07) is 90.7. The van der Waals surface area contributed by atoms with Gasteiger partial charge in [0.05, 0.1) is 22.1 Å². The van der Waals surface area contributed by atoms with Crippen LogP contribution in [0.4, 0.5) is 34.1 Å². The highest BCUT2D eigenvalue weighted by Crippen LogP contribution is 2.46. The first kappa shape index (κ1) is 39.3. The minimum Gasteiger partial charge on any atom is -0.456 e. The fourth-order valence-corrected chi connectivity index (χ4v) is 10.00. The van der Waals surface area contributed by atoms with Crippen LogP contribution < -0.4 is 9.80 Å². The van der Waals surface area contributed by atoms with Gasteiger partial charge in [0.1, 0.15) is 22.3 Å². The summed E-state index contributed by atoms with van der Waals surface area (Å²) in [5.74, 6) is 0. The monoisotopic (exact) mass is 870 g/mol. The zero-order chi connectivity index (χ0) is 45.0. The van der Waals surface area contributed by atoms with Crippen molar-refractivity contribution >= 4 is 88.8 Å². The van der Waals surface area contributed by atoms with Crippen LogP contribution >= 0.6 is 0 Å². The number of benzene rings is 11. The third-order valence-corrected chi connectivity index (χ3v) is 13.2. The topological polar surface area (TPSA) is 32.8 Å². The molecule has 0 spiro atoms. The number of hydrogen-bond donors (Lipinski definition) is 0. The summed E-state index contributed by atoms with van der Waals surface area (Å²) in [6.45, 7) is 0. The summed E-state index contributed by atoms with van der Waals surface area (Å²) < 4.78 is 12.7. The molecule has 2 aromatic heterocycles. The Bertz CT molecular complexity index is 3750. The molecule has 68 heavy (non-hydrogen) atoms. The second-order valence-electron chi connectivity index (χ2n) is 17.3. The number of nitrogens with zero attached hydrogens (tertiary/aromatic N) is 2. The van der Waals surface area contributed by atoms with E-state index in [4.69, 9.17) is 8.83 Å². The van der Waals surface area contributed by atoms with Gasteiger partial charge in [-0.3, -0.25) is 0 Å². The Hall–Kier alpha value is -9.12. The second-order valence-corrected chi connectivity index (χ2v) is 17.3. The molecule has 4 heteroatoms. The molecule has 0 bridgehead atoms. The Balaban J connectivity index is 0.927. The van der Waals surface area contributed by atoms with Crippen molar-refractivity contribution in [1.29, 1.82) is 0 Å². The van der Waals surface area contributed by atoms with E-state index in [0.29, 0.717) is 0 Å². The van der Waals surface area contributed by atoms with Gasteiger partial charge in [-0.05, 0) is 153 Å². The number of rotatable bonds is 9. The molecule has 4 nitrogen and oxygen atoms in total. The predicted octanol–water partition coefficient (Wildman–Crippen LogP) is 18.6. The Morgan fingerprint density at radius 2 is 0.618 bits per heavy atom. The fourth-order valence-electron chi connectivity index (χ4n) is 10.00. The molecule has 0 radical (unpaired) electrons. The minimum absolute atomic E-state index is 0.865. The largest absolute Gasteiger partial charge is 0.456 e. The summed E-state index contributed by atoms with van der Waals surface area (Å²) in [7, 11) is 0. The van der Waals surface area contributed by atoms with Crippen molar-refractivity contribution < 1.29 is 8.83 Å². The van der Waals surface area contributed by atoms with Crippen molar-refractivity contribution in [2.75, 3.05) is 9.80 Å². The molecule has 0 amide bonds. The zero-order valence-corrected chi connectivity index (χ0v) is 37.0. The van der Waals surface area contributed by atoms with E-state index in [1.807, 2.05) is 24.3 Å². The molecule has 0 aliphatic rings. The van der Waals surface area contributed by atoms with Crippen molar-refractivity contribution in [3.05, 3.63) is 255 Å². The van der Waals surface area contributed by atoms with Gasteiger partial charge >= 0.3 is 0 Å². The highest BCUT2D eigenvalue weighted by atomic mass is 16.3. The third-order valence-electron chi connectivity index (χ3n) is 13.2.